The van der Waals surface area contributed by atoms with Gasteiger partial charge in [0.2, 0.25) is 0 Å². The molecule has 0 bridgehead atoms. The smallest absolute Gasteiger partial charge is 0.280 e. The first-order valence-corrected chi connectivity index (χ1v) is 5.54. The number of rotatable bonds is 2. The molecule has 0 aliphatic rings. The minimum atomic E-state index is -2.66. The second kappa shape index (κ2) is 4.44. The van der Waals surface area contributed by atoms with Gasteiger partial charge in [0.25, 0.3) is 6.43 Å². The number of hydrogen-bond acceptors (Lipinski definition) is 3. The number of anilines is 1. The summed E-state index contributed by atoms with van der Waals surface area (Å²) in [4.78, 5) is 3.88. The highest BCUT2D eigenvalue weighted by Gasteiger charge is 2.16. The summed E-state index contributed by atoms with van der Waals surface area (Å²) in [6.07, 6.45) is -2.66. The fraction of sp³-hybridized carbons (Fsp3) is 0.182. The van der Waals surface area contributed by atoms with E-state index >= 15 is 0 Å². The molecule has 1 heterocycles. The predicted molar refractivity (Wildman–Crippen MR) is 65.4 cm³/mol. The molecule has 0 aliphatic heterocycles. The maximum Gasteiger partial charge on any atom is 0.280 e. The number of aromatic nitrogens is 1. The Labute approximate surface area is 105 Å². The number of nitrogens with zero attached hydrogens (tertiary/aromatic N) is 1. The first kappa shape index (κ1) is 12.0. The van der Waals surface area contributed by atoms with Crippen LogP contribution in [0.25, 0.3) is 10.9 Å². The number of fused-ring (bicyclic) bond motifs is 1. The first-order valence-electron chi connectivity index (χ1n) is 4.75. The monoisotopic (exact) mass is 302 g/mol. The Morgan fingerprint density at radius 2 is 2.12 bits per heavy atom. The molecule has 0 radical (unpaired) electrons. The third kappa shape index (κ3) is 2.04. The fourth-order valence-corrected chi connectivity index (χ4v) is 2.15. The van der Waals surface area contributed by atoms with Crippen molar-refractivity contribution in [2.75, 3.05) is 12.8 Å². The second-order valence-corrected chi connectivity index (χ2v) is 4.26. The van der Waals surface area contributed by atoms with E-state index in [-0.39, 0.29) is 11.4 Å². The van der Waals surface area contributed by atoms with Crippen molar-refractivity contribution in [2.24, 2.45) is 0 Å². The summed E-state index contributed by atoms with van der Waals surface area (Å²) in [5, 5.41) is 0.578. The Hall–Kier alpha value is -1.43. The van der Waals surface area contributed by atoms with Crippen LogP contribution in [0, 0.1) is 0 Å². The Bertz CT molecular complexity index is 575. The average Bonchev–Trinajstić information content (AvgIpc) is 2.28. The number of methoxy groups -OCH3 is 1. The van der Waals surface area contributed by atoms with Crippen LogP contribution in [0.15, 0.2) is 22.7 Å². The van der Waals surface area contributed by atoms with E-state index in [9.17, 15) is 8.78 Å². The highest BCUT2D eigenvalue weighted by molar-refractivity contribution is 9.10. The zero-order valence-corrected chi connectivity index (χ0v) is 10.5. The molecule has 2 aromatic rings. The number of hydrogen-bond donors (Lipinski definition) is 1. The summed E-state index contributed by atoms with van der Waals surface area (Å²) >= 11 is 3.31. The molecule has 0 aliphatic carbocycles. The molecular formula is C11H9BrF2N2O. The van der Waals surface area contributed by atoms with Crippen LogP contribution in [0.4, 0.5) is 14.5 Å². The molecule has 1 aromatic heterocycles. The van der Waals surface area contributed by atoms with Crippen LogP contribution < -0.4 is 10.5 Å². The minimum absolute atomic E-state index is 0.246. The standard InChI is InChI=1S/C11H9BrF2N2O/c1-17-8-3-2-5(12)9-6(15)4-7(11(13)14)16-10(8)9/h2-4,11H,1H3,(H2,15,16). The molecule has 90 valence electrons. The van der Waals surface area contributed by atoms with Gasteiger partial charge in [0.05, 0.1) is 7.11 Å². The van der Waals surface area contributed by atoms with Crippen LogP contribution >= 0.6 is 15.9 Å². The summed E-state index contributed by atoms with van der Waals surface area (Å²) < 4.78 is 31.1. The van der Waals surface area contributed by atoms with Gasteiger partial charge in [-0.1, -0.05) is 15.9 Å². The van der Waals surface area contributed by atoms with Crippen LogP contribution in [-0.4, -0.2) is 12.1 Å². The molecule has 3 nitrogen and oxygen atoms in total. The van der Waals surface area contributed by atoms with Gasteiger partial charge in [-0.25, -0.2) is 13.8 Å². The molecule has 0 atom stereocenters. The Balaban J connectivity index is 2.85. The Kier molecular flexibility index (Phi) is 3.15. The van der Waals surface area contributed by atoms with Crippen molar-refractivity contribution in [3.05, 3.63) is 28.4 Å². The lowest BCUT2D eigenvalue weighted by molar-refractivity contribution is 0.146. The average molecular weight is 303 g/mol. The molecule has 6 heteroatoms. The summed E-state index contributed by atoms with van der Waals surface area (Å²) in [5.41, 5.74) is 5.98. The molecule has 0 fully saturated rings. The third-order valence-electron chi connectivity index (χ3n) is 2.37. The van der Waals surface area contributed by atoms with Crippen molar-refractivity contribution in [3.63, 3.8) is 0 Å². The van der Waals surface area contributed by atoms with Gasteiger partial charge in [-0.15, -0.1) is 0 Å². The number of nitrogen functional groups attached to an aromatic ring is 1. The zero-order chi connectivity index (χ0) is 12.6. The van der Waals surface area contributed by atoms with Gasteiger partial charge in [-0.3, -0.25) is 0 Å². The van der Waals surface area contributed by atoms with Crippen LogP contribution in [0.3, 0.4) is 0 Å². The second-order valence-electron chi connectivity index (χ2n) is 3.41. The molecule has 1 aromatic carbocycles. The molecule has 0 unspecified atom stereocenters. The van der Waals surface area contributed by atoms with E-state index in [2.05, 4.69) is 20.9 Å². The first-order chi connectivity index (χ1) is 8.04. The molecule has 0 saturated carbocycles. The van der Waals surface area contributed by atoms with Gasteiger partial charge in [-0.05, 0) is 18.2 Å². The summed E-state index contributed by atoms with van der Waals surface area (Å²) in [6, 6.07) is 4.56. The molecule has 0 saturated heterocycles. The molecule has 2 N–H and O–H groups in total. The van der Waals surface area contributed by atoms with Gasteiger partial charge < -0.3 is 10.5 Å². The van der Waals surface area contributed by atoms with Crippen molar-refractivity contribution in [3.8, 4) is 5.75 Å². The van der Waals surface area contributed by atoms with E-state index in [0.717, 1.165) is 0 Å². The lowest BCUT2D eigenvalue weighted by Crippen LogP contribution is -1.98. The summed E-state index contributed by atoms with van der Waals surface area (Å²) in [6.45, 7) is 0. The largest absolute Gasteiger partial charge is 0.494 e. The van der Waals surface area contributed by atoms with Gasteiger partial charge >= 0.3 is 0 Å². The highest BCUT2D eigenvalue weighted by Crippen LogP contribution is 2.35. The fourth-order valence-electron chi connectivity index (χ4n) is 1.60. The van der Waals surface area contributed by atoms with Gasteiger partial charge in [0, 0.05) is 15.5 Å². The zero-order valence-electron chi connectivity index (χ0n) is 8.88. The van der Waals surface area contributed by atoms with E-state index in [1.807, 2.05) is 0 Å². The number of nitrogens with two attached hydrogens (primary N) is 1. The van der Waals surface area contributed by atoms with Crippen molar-refractivity contribution in [1.82, 2.24) is 4.98 Å². The number of halogens is 3. The van der Waals surface area contributed by atoms with Crippen molar-refractivity contribution in [2.45, 2.75) is 6.43 Å². The van der Waals surface area contributed by atoms with Crippen LogP contribution in [-0.2, 0) is 0 Å². The highest BCUT2D eigenvalue weighted by atomic mass is 79.9. The van der Waals surface area contributed by atoms with Crippen molar-refractivity contribution in [1.29, 1.82) is 0 Å². The minimum Gasteiger partial charge on any atom is -0.494 e. The predicted octanol–water partition coefficient (Wildman–Crippen LogP) is 3.53. The SMILES string of the molecule is COc1ccc(Br)c2c(N)cc(C(F)F)nc12. The maximum atomic E-state index is 12.6. The van der Waals surface area contributed by atoms with E-state index < -0.39 is 6.43 Å². The van der Waals surface area contributed by atoms with Crippen LogP contribution in [0.1, 0.15) is 12.1 Å². The molecule has 2 rings (SSSR count). The lowest BCUT2D eigenvalue weighted by atomic mass is 10.1. The van der Waals surface area contributed by atoms with E-state index in [1.165, 1.54) is 13.2 Å². The summed E-state index contributed by atoms with van der Waals surface area (Å²) in [7, 11) is 1.45. The third-order valence-corrected chi connectivity index (χ3v) is 3.03. The van der Waals surface area contributed by atoms with E-state index in [4.69, 9.17) is 10.5 Å². The van der Waals surface area contributed by atoms with Gasteiger partial charge in [-0.2, -0.15) is 0 Å². The lowest BCUT2D eigenvalue weighted by Gasteiger charge is -2.10. The van der Waals surface area contributed by atoms with E-state index in [0.29, 0.717) is 21.1 Å². The number of ether oxygens (including phenoxy) is 1. The number of benzene rings is 1. The normalized spacial score (nSPS) is 11.1. The van der Waals surface area contributed by atoms with Crippen LogP contribution in [0.2, 0.25) is 0 Å². The summed E-state index contributed by atoms with van der Waals surface area (Å²) in [5.74, 6) is 0.414. The molecule has 0 spiro atoms. The molecule has 0 amide bonds. The van der Waals surface area contributed by atoms with Crippen LogP contribution in [0.5, 0.6) is 5.75 Å². The maximum absolute atomic E-state index is 12.6. The molecular weight excluding hydrogens is 294 g/mol. The molecule has 17 heavy (non-hydrogen) atoms. The Morgan fingerprint density at radius 1 is 1.41 bits per heavy atom. The van der Waals surface area contributed by atoms with E-state index in [1.54, 1.807) is 12.1 Å². The number of alkyl halides is 2. The quantitative estimate of drug-likeness (QED) is 0.923. The van der Waals surface area contributed by atoms with Crippen molar-refractivity contribution >= 4 is 32.5 Å². The van der Waals surface area contributed by atoms with Gasteiger partial charge in [0.1, 0.15) is 17.0 Å². The number of pyridine rings is 1. The van der Waals surface area contributed by atoms with Gasteiger partial charge in [0.15, 0.2) is 0 Å². The Morgan fingerprint density at radius 3 is 2.71 bits per heavy atom. The topological polar surface area (TPSA) is 48.1 Å². The van der Waals surface area contributed by atoms with Crippen molar-refractivity contribution < 1.29 is 13.5 Å².